The van der Waals surface area contributed by atoms with E-state index in [2.05, 4.69) is 0 Å². The quantitative estimate of drug-likeness (QED) is 0.713. The van der Waals surface area contributed by atoms with Crippen molar-refractivity contribution in [2.24, 2.45) is 0 Å². The van der Waals surface area contributed by atoms with Crippen LogP contribution in [0.4, 0.5) is 0 Å². The number of carbonyl (C=O) groups excluding carboxylic acids is 1. The minimum absolute atomic E-state index is 0.142. The SMILES string of the molecule is COC(=O)C(CSC)c1ccccc1. The highest BCUT2D eigenvalue weighted by Crippen LogP contribution is 2.20. The number of methoxy groups -OCH3 is 1. The van der Waals surface area contributed by atoms with E-state index >= 15 is 0 Å². The molecule has 76 valence electrons. The molecule has 2 nitrogen and oxygen atoms in total. The van der Waals surface area contributed by atoms with Crippen molar-refractivity contribution in [3.63, 3.8) is 0 Å². The Kier molecular flexibility index (Phi) is 4.53. The van der Waals surface area contributed by atoms with Gasteiger partial charge in [0.1, 0.15) is 0 Å². The Bertz CT molecular complexity index is 285. The van der Waals surface area contributed by atoms with E-state index in [1.54, 1.807) is 11.8 Å². The largest absolute Gasteiger partial charge is 0.469 e. The van der Waals surface area contributed by atoms with E-state index < -0.39 is 0 Å². The maximum absolute atomic E-state index is 11.5. The zero-order valence-electron chi connectivity index (χ0n) is 8.40. The molecule has 0 radical (unpaired) electrons. The fourth-order valence-corrected chi connectivity index (χ4v) is 1.96. The van der Waals surface area contributed by atoms with Crippen molar-refractivity contribution in [3.05, 3.63) is 35.9 Å². The third-order valence-corrected chi connectivity index (χ3v) is 2.69. The molecule has 0 spiro atoms. The molecule has 0 aliphatic heterocycles. The van der Waals surface area contributed by atoms with Crippen molar-refractivity contribution in [1.82, 2.24) is 0 Å². The van der Waals surface area contributed by atoms with Gasteiger partial charge >= 0.3 is 5.97 Å². The van der Waals surface area contributed by atoms with E-state index in [-0.39, 0.29) is 11.9 Å². The van der Waals surface area contributed by atoms with Gasteiger partial charge in [-0.05, 0) is 11.8 Å². The van der Waals surface area contributed by atoms with Gasteiger partial charge in [0.2, 0.25) is 0 Å². The molecule has 0 aliphatic carbocycles. The summed E-state index contributed by atoms with van der Waals surface area (Å²) in [5.74, 6) is 0.457. The molecule has 3 heteroatoms. The van der Waals surface area contributed by atoms with Crippen LogP contribution in [0.25, 0.3) is 0 Å². The Hall–Kier alpha value is -0.960. The lowest BCUT2D eigenvalue weighted by Gasteiger charge is -2.13. The average molecular weight is 210 g/mol. The van der Waals surface area contributed by atoms with Crippen molar-refractivity contribution < 1.29 is 9.53 Å². The molecule has 1 aromatic rings. The topological polar surface area (TPSA) is 26.3 Å². The van der Waals surface area contributed by atoms with E-state index in [1.165, 1.54) is 7.11 Å². The van der Waals surface area contributed by atoms with Gasteiger partial charge in [-0.15, -0.1) is 0 Å². The van der Waals surface area contributed by atoms with Crippen LogP contribution < -0.4 is 0 Å². The maximum Gasteiger partial charge on any atom is 0.313 e. The highest BCUT2D eigenvalue weighted by atomic mass is 32.2. The van der Waals surface area contributed by atoms with Crippen LogP contribution in [0.1, 0.15) is 11.5 Å². The highest BCUT2D eigenvalue weighted by Gasteiger charge is 2.19. The van der Waals surface area contributed by atoms with Crippen molar-refractivity contribution in [2.45, 2.75) is 5.92 Å². The summed E-state index contributed by atoms with van der Waals surface area (Å²) >= 11 is 1.65. The number of esters is 1. The highest BCUT2D eigenvalue weighted by molar-refractivity contribution is 7.98. The zero-order valence-corrected chi connectivity index (χ0v) is 9.21. The Balaban J connectivity index is 2.83. The predicted molar refractivity (Wildman–Crippen MR) is 59.6 cm³/mol. The second-order valence-corrected chi connectivity index (χ2v) is 3.85. The predicted octanol–water partition coefficient (Wildman–Crippen LogP) is 2.31. The van der Waals surface area contributed by atoms with E-state index in [4.69, 9.17) is 4.74 Å². The number of thioether (sulfide) groups is 1. The fourth-order valence-electron chi connectivity index (χ4n) is 1.29. The van der Waals surface area contributed by atoms with Gasteiger partial charge in [-0.3, -0.25) is 4.79 Å². The first kappa shape index (κ1) is 11.1. The number of rotatable bonds is 4. The van der Waals surface area contributed by atoms with Gasteiger partial charge in [-0.1, -0.05) is 30.3 Å². The molecule has 0 saturated heterocycles. The van der Waals surface area contributed by atoms with Crippen LogP contribution >= 0.6 is 11.8 Å². The van der Waals surface area contributed by atoms with Crippen LogP contribution in [-0.4, -0.2) is 25.1 Å². The summed E-state index contributed by atoms with van der Waals surface area (Å²) in [6, 6.07) is 9.73. The number of carbonyl (C=O) groups is 1. The first-order valence-corrected chi connectivity index (χ1v) is 5.80. The molecule has 0 aliphatic rings. The molecule has 0 aromatic heterocycles. The standard InChI is InChI=1S/C11H14O2S/c1-13-11(12)10(8-14-2)9-6-4-3-5-7-9/h3-7,10H,8H2,1-2H3. The molecule has 0 amide bonds. The van der Waals surface area contributed by atoms with Gasteiger partial charge in [-0.25, -0.2) is 0 Å². The van der Waals surface area contributed by atoms with Crippen molar-refractivity contribution in [1.29, 1.82) is 0 Å². The summed E-state index contributed by atoms with van der Waals surface area (Å²) in [6.07, 6.45) is 1.98. The van der Waals surface area contributed by atoms with Crippen LogP contribution in [-0.2, 0) is 9.53 Å². The monoisotopic (exact) mass is 210 g/mol. The van der Waals surface area contributed by atoms with Crippen molar-refractivity contribution in [3.8, 4) is 0 Å². The van der Waals surface area contributed by atoms with Crippen molar-refractivity contribution in [2.75, 3.05) is 19.1 Å². The average Bonchev–Trinajstić information content (AvgIpc) is 2.26. The number of ether oxygens (including phenoxy) is 1. The van der Waals surface area contributed by atoms with Crippen LogP contribution in [0, 0.1) is 0 Å². The Morgan fingerprint density at radius 1 is 1.43 bits per heavy atom. The molecule has 1 atom stereocenters. The molecule has 0 fully saturated rings. The van der Waals surface area contributed by atoms with Crippen LogP contribution in [0.3, 0.4) is 0 Å². The van der Waals surface area contributed by atoms with Crippen LogP contribution in [0.15, 0.2) is 30.3 Å². The lowest BCUT2D eigenvalue weighted by atomic mass is 10.0. The molecule has 0 N–H and O–H groups in total. The van der Waals surface area contributed by atoms with Gasteiger partial charge in [0.15, 0.2) is 0 Å². The van der Waals surface area contributed by atoms with E-state index in [0.717, 1.165) is 11.3 Å². The summed E-state index contributed by atoms with van der Waals surface area (Å²) in [5.41, 5.74) is 1.02. The zero-order chi connectivity index (χ0) is 10.4. The third-order valence-electron chi connectivity index (χ3n) is 2.02. The summed E-state index contributed by atoms with van der Waals surface area (Å²) in [7, 11) is 1.43. The molecular weight excluding hydrogens is 196 g/mol. The molecule has 0 bridgehead atoms. The summed E-state index contributed by atoms with van der Waals surface area (Å²) in [6.45, 7) is 0. The molecule has 14 heavy (non-hydrogen) atoms. The third kappa shape index (κ3) is 2.77. The first-order chi connectivity index (χ1) is 6.79. The van der Waals surface area contributed by atoms with Gasteiger partial charge < -0.3 is 4.74 Å². The molecule has 1 aromatic carbocycles. The smallest absolute Gasteiger partial charge is 0.313 e. The second kappa shape index (κ2) is 5.70. The Labute approximate surface area is 88.7 Å². The van der Waals surface area contributed by atoms with Crippen LogP contribution in [0.2, 0.25) is 0 Å². The second-order valence-electron chi connectivity index (χ2n) is 2.94. The molecule has 1 rings (SSSR count). The van der Waals surface area contributed by atoms with Gasteiger partial charge in [0.25, 0.3) is 0 Å². The molecule has 0 heterocycles. The van der Waals surface area contributed by atoms with Gasteiger partial charge in [0.05, 0.1) is 13.0 Å². The first-order valence-electron chi connectivity index (χ1n) is 4.41. The number of benzene rings is 1. The van der Waals surface area contributed by atoms with Gasteiger partial charge in [0, 0.05) is 5.75 Å². The molecule has 1 unspecified atom stereocenters. The van der Waals surface area contributed by atoms with E-state index in [1.807, 2.05) is 36.6 Å². The summed E-state index contributed by atoms with van der Waals surface area (Å²) in [5, 5.41) is 0. The minimum atomic E-state index is -0.162. The Morgan fingerprint density at radius 3 is 2.57 bits per heavy atom. The van der Waals surface area contributed by atoms with Gasteiger partial charge in [-0.2, -0.15) is 11.8 Å². The van der Waals surface area contributed by atoms with E-state index in [9.17, 15) is 4.79 Å². The summed E-state index contributed by atoms with van der Waals surface area (Å²) in [4.78, 5) is 11.5. The Morgan fingerprint density at radius 2 is 2.07 bits per heavy atom. The molecule has 0 saturated carbocycles. The normalized spacial score (nSPS) is 12.1. The fraction of sp³-hybridized carbons (Fsp3) is 0.364. The maximum atomic E-state index is 11.5. The van der Waals surface area contributed by atoms with Crippen LogP contribution in [0.5, 0.6) is 0 Å². The van der Waals surface area contributed by atoms with E-state index in [0.29, 0.717) is 0 Å². The number of hydrogen-bond acceptors (Lipinski definition) is 3. The summed E-state index contributed by atoms with van der Waals surface area (Å²) < 4.78 is 4.77. The minimum Gasteiger partial charge on any atom is -0.469 e. The lowest BCUT2D eigenvalue weighted by molar-refractivity contribution is -0.141. The number of hydrogen-bond donors (Lipinski definition) is 0. The molecular formula is C11H14O2S. The lowest BCUT2D eigenvalue weighted by Crippen LogP contribution is -2.16. The van der Waals surface area contributed by atoms with Crippen molar-refractivity contribution >= 4 is 17.7 Å².